The van der Waals surface area contributed by atoms with Crippen molar-refractivity contribution in [1.82, 2.24) is 0 Å². The Morgan fingerprint density at radius 2 is 1.69 bits per heavy atom. The summed E-state index contributed by atoms with van der Waals surface area (Å²) < 4.78 is 0. The number of hydrogen-bond acceptors (Lipinski definition) is 1. The molecular weight excluding hydrogens is 160 g/mol. The summed E-state index contributed by atoms with van der Waals surface area (Å²) in [5.74, 6) is 0.878. The van der Waals surface area contributed by atoms with Crippen LogP contribution < -0.4 is 0 Å². The molecule has 13 heavy (non-hydrogen) atoms. The van der Waals surface area contributed by atoms with E-state index < -0.39 is 0 Å². The van der Waals surface area contributed by atoms with Crippen LogP contribution in [-0.2, 0) is 4.79 Å². The fourth-order valence-corrected chi connectivity index (χ4v) is 3.24. The molecule has 0 saturated heterocycles. The van der Waals surface area contributed by atoms with Crippen LogP contribution >= 0.6 is 0 Å². The maximum absolute atomic E-state index is 11.1. The minimum absolute atomic E-state index is 0.120. The van der Waals surface area contributed by atoms with Crippen LogP contribution in [0.1, 0.15) is 57.8 Å². The Morgan fingerprint density at radius 1 is 1.08 bits per heavy atom. The van der Waals surface area contributed by atoms with E-state index in [-0.39, 0.29) is 5.41 Å². The molecule has 0 atom stereocenters. The van der Waals surface area contributed by atoms with E-state index in [1.54, 1.807) is 0 Å². The highest BCUT2D eigenvalue weighted by Gasteiger charge is 2.36. The Hall–Kier alpha value is -0.330. The Morgan fingerprint density at radius 3 is 2.23 bits per heavy atom. The van der Waals surface area contributed by atoms with Crippen molar-refractivity contribution < 1.29 is 4.79 Å². The third-order valence-electron chi connectivity index (χ3n) is 4.02. The zero-order chi connectivity index (χ0) is 9.15. The predicted molar refractivity (Wildman–Crippen MR) is 53.5 cm³/mol. The minimum atomic E-state index is 0.120. The fourth-order valence-electron chi connectivity index (χ4n) is 3.24. The van der Waals surface area contributed by atoms with Crippen LogP contribution in [0.3, 0.4) is 0 Å². The quantitative estimate of drug-likeness (QED) is 0.609. The van der Waals surface area contributed by atoms with E-state index in [2.05, 4.69) is 0 Å². The summed E-state index contributed by atoms with van der Waals surface area (Å²) in [5.41, 5.74) is 0.120. The van der Waals surface area contributed by atoms with E-state index in [1.165, 1.54) is 64.1 Å². The first-order chi connectivity index (χ1) is 6.35. The number of carbonyl (C=O) groups excluding carboxylic acids is 1. The van der Waals surface area contributed by atoms with E-state index in [0.717, 1.165) is 5.92 Å². The van der Waals surface area contributed by atoms with Gasteiger partial charge in [-0.05, 0) is 25.2 Å². The zero-order valence-corrected chi connectivity index (χ0v) is 8.43. The first kappa shape index (κ1) is 9.23. The highest BCUT2D eigenvalue weighted by molar-refractivity contribution is 5.59. The van der Waals surface area contributed by atoms with Crippen LogP contribution in [0.2, 0.25) is 0 Å². The van der Waals surface area contributed by atoms with Crippen molar-refractivity contribution in [2.75, 3.05) is 0 Å². The van der Waals surface area contributed by atoms with Gasteiger partial charge >= 0.3 is 0 Å². The third-order valence-corrected chi connectivity index (χ3v) is 4.02. The molecule has 2 rings (SSSR count). The van der Waals surface area contributed by atoms with Gasteiger partial charge in [-0.2, -0.15) is 0 Å². The topological polar surface area (TPSA) is 17.1 Å². The van der Waals surface area contributed by atoms with Gasteiger partial charge in [-0.25, -0.2) is 0 Å². The Bertz CT molecular complexity index is 174. The Kier molecular flexibility index (Phi) is 2.71. The van der Waals surface area contributed by atoms with Gasteiger partial charge in [-0.15, -0.1) is 0 Å². The molecule has 0 radical (unpaired) electrons. The molecule has 2 saturated carbocycles. The molecule has 2 fully saturated rings. The van der Waals surface area contributed by atoms with Crippen molar-refractivity contribution >= 4 is 6.29 Å². The molecule has 2 aliphatic carbocycles. The highest BCUT2D eigenvalue weighted by Crippen LogP contribution is 2.44. The Balaban J connectivity index is 1.92. The molecule has 0 aromatic carbocycles. The largest absolute Gasteiger partial charge is 0.303 e. The summed E-state index contributed by atoms with van der Waals surface area (Å²) >= 11 is 0. The van der Waals surface area contributed by atoms with E-state index in [4.69, 9.17) is 0 Å². The van der Waals surface area contributed by atoms with Crippen molar-refractivity contribution in [2.24, 2.45) is 11.3 Å². The van der Waals surface area contributed by atoms with Gasteiger partial charge in [0.1, 0.15) is 6.29 Å². The minimum Gasteiger partial charge on any atom is -0.303 e. The smallest absolute Gasteiger partial charge is 0.126 e. The molecule has 0 N–H and O–H groups in total. The van der Waals surface area contributed by atoms with Gasteiger partial charge in [0.2, 0.25) is 0 Å². The molecule has 0 heterocycles. The molecule has 0 bridgehead atoms. The van der Waals surface area contributed by atoms with E-state index in [9.17, 15) is 4.79 Å². The average Bonchev–Trinajstić information content (AvgIpc) is 2.77. The molecular formula is C12H20O. The van der Waals surface area contributed by atoms with Crippen molar-refractivity contribution in [3.63, 3.8) is 0 Å². The van der Waals surface area contributed by atoms with Crippen molar-refractivity contribution in [1.29, 1.82) is 0 Å². The summed E-state index contributed by atoms with van der Waals surface area (Å²) in [6, 6.07) is 0. The first-order valence-electron chi connectivity index (χ1n) is 5.81. The molecule has 0 spiro atoms. The summed E-state index contributed by atoms with van der Waals surface area (Å²) in [5, 5.41) is 0. The zero-order valence-electron chi connectivity index (χ0n) is 8.43. The van der Waals surface area contributed by atoms with E-state index in [1.807, 2.05) is 0 Å². The summed E-state index contributed by atoms with van der Waals surface area (Å²) in [7, 11) is 0. The van der Waals surface area contributed by atoms with Crippen LogP contribution in [0.4, 0.5) is 0 Å². The van der Waals surface area contributed by atoms with Crippen molar-refractivity contribution in [3.05, 3.63) is 0 Å². The van der Waals surface area contributed by atoms with Gasteiger partial charge in [0, 0.05) is 5.41 Å². The maximum Gasteiger partial charge on any atom is 0.126 e. The van der Waals surface area contributed by atoms with Gasteiger partial charge in [0.25, 0.3) is 0 Å². The monoisotopic (exact) mass is 180 g/mol. The number of aldehydes is 1. The Labute approximate surface area is 80.9 Å². The van der Waals surface area contributed by atoms with Crippen LogP contribution in [0.25, 0.3) is 0 Å². The van der Waals surface area contributed by atoms with Gasteiger partial charge in [-0.3, -0.25) is 0 Å². The standard InChI is InChI=1S/C12H20O/c13-10-12(7-3-4-8-12)9-11-5-1-2-6-11/h10-11H,1-9H2. The second-order valence-corrected chi connectivity index (χ2v) is 5.04. The first-order valence-corrected chi connectivity index (χ1v) is 5.81. The lowest BCUT2D eigenvalue weighted by Gasteiger charge is -2.25. The second-order valence-electron chi connectivity index (χ2n) is 5.04. The number of rotatable bonds is 3. The second kappa shape index (κ2) is 3.81. The lowest BCUT2D eigenvalue weighted by molar-refractivity contribution is -0.116. The molecule has 0 aliphatic heterocycles. The van der Waals surface area contributed by atoms with Gasteiger partial charge in [0.05, 0.1) is 0 Å². The van der Waals surface area contributed by atoms with Crippen LogP contribution in [0, 0.1) is 11.3 Å². The number of carbonyl (C=O) groups is 1. The molecule has 1 nitrogen and oxygen atoms in total. The van der Waals surface area contributed by atoms with Crippen LogP contribution in [-0.4, -0.2) is 6.29 Å². The number of hydrogen-bond donors (Lipinski definition) is 0. The van der Waals surface area contributed by atoms with Gasteiger partial charge in [0.15, 0.2) is 0 Å². The van der Waals surface area contributed by atoms with Crippen LogP contribution in [0.5, 0.6) is 0 Å². The molecule has 74 valence electrons. The maximum atomic E-state index is 11.1. The van der Waals surface area contributed by atoms with Crippen LogP contribution in [0.15, 0.2) is 0 Å². The van der Waals surface area contributed by atoms with Gasteiger partial charge in [-0.1, -0.05) is 38.5 Å². The summed E-state index contributed by atoms with van der Waals surface area (Å²) in [6.07, 6.45) is 13.0. The summed E-state index contributed by atoms with van der Waals surface area (Å²) in [6.45, 7) is 0. The molecule has 0 amide bonds. The third kappa shape index (κ3) is 1.95. The lowest BCUT2D eigenvalue weighted by atomic mass is 9.78. The summed E-state index contributed by atoms with van der Waals surface area (Å²) in [4.78, 5) is 11.1. The normalized spacial score (nSPS) is 28.0. The van der Waals surface area contributed by atoms with E-state index in [0.29, 0.717) is 0 Å². The SMILES string of the molecule is O=CC1(CC2CCCC2)CCCC1. The average molecular weight is 180 g/mol. The highest BCUT2D eigenvalue weighted by atomic mass is 16.1. The fraction of sp³-hybridized carbons (Fsp3) is 0.917. The lowest BCUT2D eigenvalue weighted by Crippen LogP contribution is -2.21. The molecule has 0 aromatic rings. The van der Waals surface area contributed by atoms with Gasteiger partial charge < -0.3 is 4.79 Å². The predicted octanol–water partition coefficient (Wildman–Crippen LogP) is 3.33. The van der Waals surface area contributed by atoms with E-state index >= 15 is 0 Å². The van der Waals surface area contributed by atoms with Crippen molar-refractivity contribution in [3.8, 4) is 0 Å². The molecule has 2 aliphatic rings. The molecule has 0 aromatic heterocycles. The van der Waals surface area contributed by atoms with Crippen molar-refractivity contribution in [2.45, 2.75) is 57.8 Å². The molecule has 1 heteroatoms. The molecule has 0 unspecified atom stereocenters.